The summed E-state index contributed by atoms with van der Waals surface area (Å²) in [4.78, 5) is 34.2. The molecule has 0 unspecified atom stereocenters. The number of aromatic nitrogens is 1. The van der Waals surface area contributed by atoms with Gasteiger partial charge in [0.2, 0.25) is 5.91 Å². The Morgan fingerprint density at radius 1 is 1.07 bits per heavy atom. The predicted octanol–water partition coefficient (Wildman–Crippen LogP) is 3.85. The minimum absolute atomic E-state index is 0.00239. The molecule has 1 aliphatic heterocycles. The van der Waals surface area contributed by atoms with Crippen LogP contribution < -0.4 is 0 Å². The average Bonchev–Trinajstić information content (AvgIpc) is 3.39. The molecule has 1 saturated heterocycles. The summed E-state index contributed by atoms with van der Waals surface area (Å²) >= 11 is 3.03. The number of piperazine rings is 1. The van der Waals surface area contributed by atoms with Gasteiger partial charge in [0.05, 0.1) is 12.1 Å². The van der Waals surface area contributed by atoms with Crippen LogP contribution in [-0.4, -0.2) is 52.8 Å². The molecule has 0 N–H and O–H groups in total. The molecule has 0 saturated carbocycles. The van der Waals surface area contributed by atoms with E-state index < -0.39 is 0 Å². The lowest BCUT2D eigenvalue weighted by Gasteiger charge is -2.34. The molecule has 3 heterocycles. The fourth-order valence-corrected chi connectivity index (χ4v) is 5.04. The molecule has 1 fully saturated rings. The van der Waals surface area contributed by atoms with Crippen LogP contribution >= 0.6 is 22.7 Å². The molecular weight excluding hydrogens is 409 g/mol. The van der Waals surface area contributed by atoms with Gasteiger partial charge in [-0.3, -0.25) is 9.59 Å². The minimum Gasteiger partial charge on any atom is -0.339 e. The van der Waals surface area contributed by atoms with Crippen LogP contribution in [0.3, 0.4) is 0 Å². The number of nitrogens with zero attached hydrogens (tertiary/aromatic N) is 3. The summed E-state index contributed by atoms with van der Waals surface area (Å²) in [5, 5.41) is 4.88. The number of thiophene rings is 1. The number of hydrogen-bond acceptors (Lipinski definition) is 5. The van der Waals surface area contributed by atoms with Crippen LogP contribution in [0.25, 0.3) is 10.6 Å². The third-order valence-corrected chi connectivity index (χ3v) is 6.82. The molecule has 0 atom stereocenters. The third-order valence-electron chi connectivity index (χ3n) is 4.95. The maximum absolute atomic E-state index is 13.0. The number of thiazole rings is 1. The van der Waals surface area contributed by atoms with Crippen LogP contribution in [-0.2, 0) is 11.2 Å². The van der Waals surface area contributed by atoms with Gasteiger partial charge in [-0.05, 0) is 36.1 Å². The zero-order valence-corrected chi connectivity index (χ0v) is 17.6. The Balaban J connectivity index is 1.36. The Kier molecular flexibility index (Phi) is 5.73. The van der Waals surface area contributed by atoms with Crippen molar-refractivity contribution in [2.24, 2.45) is 0 Å². The predicted molar refractivity (Wildman–Crippen MR) is 113 cm³/mol. The standard InChI is InChI=1S/C21H20FN3O2S2/c1-14-19(29-20(23-14)16-6-11-28-13-16)21(27)25-9-7-24(8-10-25)18(26)12-15-2-4-17(22)5-3-15/h2-6,11,13H,7-10,12H2,1H3. The lowest BCUT2D eigenvalue weighted by atomic mass is 10.1. The summed E-state index contributed by atoms with van der Waals surface area (Å²) in [6.45, 7) is 3.86. The lowest BCUT2D eigenvalue weighted by Crippen LogP contribution is -2.51. The molecule has 3 aromatic rings. The summed E-state index contributed by atoms with van der Waals surface area (Å²) in [6.07, 6.45) is 0.242. The van der Waals surface area contributed by atoms with E-state index in [1.165, 1.54) is 23.5 Å². The monoisotopic (exact) mass is 429 g/mol. The third kappa shape index (κ3) is 4.38. The number of rotatable bonds is 4. The molecule has 2 aromatic heterocycles. The second kappa shape index (κ2) is 8.42. The fraction of sp³-hybridized carbons (Fsp3) is 0.286. The van der Waals surface area contributed by atoms with Crippen molar-refractivity contribution >= 4 is 34.5 Å². The zero-order chi connectivity index (χ0) is 20.4. The largest absolute Gasteiger partial charge is 0.339 e. The molecule has 5 nitrogen and oxygen atoms in total. The molecule has 0 spiro atoms. The van der Waals surface area contributed by atoms with Crippen molar-refractivity contribution in [3.05, 3.63) is 63.0 Å². The Labute approximate surface area is 176 Å². The number of benzene rings is 1. The second-order valence-electron chi connectivity index (χ2n) is 6.92. The molecule has 0 bridgehead atoms. The smallest absolute Gasteiger partial charge is 0.265 e. The normalized spacial score (nSPS) is 14.3. The van der Waals surface area contributed by atoms with Crippen LogP contribution in [0, 0.1) is 12.7 Å². The van der Waals surface area contributed by atoms with E-state index in [4.69, 9.17) is 0 Å². The van der Waals surface area contributed by atoms with Crippen LogP contribution in [0.1, 0.15) is 20.9 Å². The fourth-order valence-electron chi connectivity index (χ4n) is 3.30. The zero-order valence-electron chi connectivity index (χ0n) is 15.9. The van der Waals surface area contributed by atoms with E-state index >= 15 is 0 Å². The molecule has 29 heavy (non-hydrogen) atoms. The Bertz CT molecular complexity index is 1010. The van der Waals surface area contributed by atoms with Gasteiger partial charge in [0.1, 0.15) is 15.7 Å². The summed E-state index contributed by atoms with van der Waals surface area (Å²) in [5.41, 5.74) is 2.57. The van der Waals surface area contributed by atoms with Gasteiger partial charge in [0.15, 0.2) is 0 Å². The molecule has 150 valence electrons. The molecule has 1 aliphatic rings. The van der Waals surface area contributed by atoms with E-state index in [1.807, 2.05) is 23.8 Å². The highest BCUT2D eigenvalue weighted by Crippen LogP contribution is 2.30. The molecule has 2 amide bonds. The van der Waals surface area contributed by atoms with E-state index in [-0.39, 0.29) is 24.1 Å². The van der Waals surface area contributed by atoms with Crippen molar-refractivity contribution < 1.29 is 14.0 Å². The first-order valence-corrected chi connectivity index (χ1v) is 11.1. The summed E-state index contributed by atoms with van der Waals surface area (Å²) in [6, 6.07) is 7.99. The van der Waals surface area contributed by atoms with Gasteiger partial charge in [0, 0.05) is 37.1 Å². The van der Waals surface area contributed by atoms with Gasteiger partial charge in [-0.1, -0.05) is 12.1 Å². The van der Waals surface area contributed by atoms with Gasteiger partial charge in [-0.2, -0.15) is 11.3 Å². The molecule has 1 aromatic carbocycles. The highest BCUT2D eigenvalue weighted by atomic mass is 32.1. The SMILES string of the molecule is Cc1nc(-c2ccsc2)sc1C(=O)N1CCN(C(=O)Cc2ccc(F)cc2)CC1. The van der Waals surface area contributed by atoms with Crippen LogP contribution in [0.15, 0.2) is 41.1 Å². The topological polar surface area (TPSA) is 53.5 Å². The van der Waals surface area contributed by atoms with E-state index in [0.717, 1.165) is 21.8 Å². The summed E-state index contributed by atoms with van der Waals surface area (Å²) < 4.78 is 13.0. The number of carbonyl (C=O) groups excluding carboxylic acids is 2. The van der Waals surface area contributed by atoms with Crippen molar-refractivity contribution in [2.75, 3.05) is 26.2 Å². The van der Waals surface area contributed by atoms with Crippen LogP contribution in [0.5, 0.6) is 0 Å². The first-order chi connectivity index (χ1) is 14.0. The number of halogens is 1. The van der Waals surface area contributed by atoms with Crippen molar-refractivity contribution in [3.8, 4) is 10.6 Å². The molecule has 8 heteroatoms. The summed E-state index contributed by atoms with van der Waals surface area (Å²) in [7, 11) is 0. The second-order valence-corrected chi connectivity index (χ2v) is 8.70. The van der Waals surface area contributed by atoms with E-state index in [0.29, 0.717) is 31.1 Å². The first-order valence-electron chi connectivity index (χ1n) is 9.33. The lowest BCUT2D eigenvalue weighted by molar-refractivity contribution is -0.131. The van der Waals surface area contributed by atoms with Gasteiger partial charge in [-0.25, -0.2) is 9.37 Å². The van der Waals surface area contributed by atoms with Crippen LogP contribution in [0.4, 0.5) is 4.39 Å². The molecule has 0 radical (unpaired) electrons. The Morgan fingerprint density at radius 3 is 2.41 bits per heavy atom. The molecule has 4 rings (SSSR count). The quantitative estimate of drug-likeness (QED) is 0.633. The van der Waals surface area contributed by atoms with Gasteiger partial charge >= 0.3 is 0 Å². The van der Waals surface area contributed by atoms with Crippen molar-refractivity contribution in [3.63, 3.8) is 0 Å². The maximum atomic E-state index is 13.0. The maximum Gasteiger partial charge on any atom is 0.265 e. The number of hydrogen-bond donors (Lipinski definition) is 0. The highest BCUT2D eigenvalue weighted by Gasteiger charge is 2.27. The van der Waals surface area contributed by atoms with E-state index in [9.17, 15) is 14.0 Å². The first kappa shape index (κ1) is 19.7. The minimum atomic E-state index is -0.311. The molecule has 0 aliphatic carbocycles. The van der Waals surface area contributed by atoms with Crippen molar-refractivity contribution in [2.45, 2.75) is 13.3 Å². The number of carbonyl (C=O) groups is 2. The number of aryl methyl sites for hydroxylation is 1. The van der Waals surface area contributed by atoms with Crippen molar-refractivity contribution in [1.82, 2.24) is 14.8 Å². The average molecular weight is 430 g/mol. The molecular formula is C21H20FN3O2S2. The van der Waals surface area contributed by atoms with Gasteiger partial charge < -0.3 is 9.80 Å². The van der Waals surface area contributed by atoms with Gasteiger partial charge in [0.25, 0.3) is 5.91 Å². The van der Waals surface area contributed by atoms with Crippen molar-refractivity contribution in [1.29, 1.82) is 0 Å². The van der Waals surface area contributed by atoms with E-state index in [1.54, 1.807) is 33.3 Å². The highest BCUT2D eigenvalue weighted by molar-refractivity contribution is 7.17. The van der Waals surface area contributed by atoms with Gasteiger partial charge in [-0.15, -0.1) is 11.3 Å². The Morgan fingerprint density at radius 2 is 1.76 bits per heavy atom. The van der Waals surface area contributed by atoms with E-state index in [2.05, 4.69) is 4.98 Å². The summed E-state index contributed by atoms with van der Waals surface area (Å²) in [5.74, 6) is -0.335. The number of amides is 2. The van der Waals surface area contributed by atoms with Crippen LogP contribution in [0.2, 0.25) is 0 Å². The Hall–Kier alpha value is -2.58.